The van der Waals surface area contributed by atoms with E-state index in [1.807, 2.05) is 24.4 Å². The molecule has 1 aromatic heterocycles. The van der Waals surface area contributed by atoms with E-state index in [2.05, 4.69) is 50.4 Å². The van der Waals surface area contributed by atoms with Gasteiger partial charge in [-0.3, -0.25) is 29.6 Å². The summed E-state index contributed by atoms with van der Waals surface area (Å²) < 4.78 is 0. The zero-order valence-corrected chi connectivity index (χ0v) is 22.3. The minimum atomic E-state index is -0.562. The average Bonchev–Trinajstić information content (AvgIpc) is 3.29. The van der Waals surface area contributed by atoms with Gasteiger partial charge in [0.2, 0.25) is 11.8 Å². The molecule has 0 bridgehead atoms. The number of carbonyl (C=O) groups excluding carboxylic acids is 3. The summed E-state index contributed by atoms with van der Waals surface area (Å²) in [6.07, 6.45) is 6.90. The first kappa shape index (κ1) is 25.5. The standard InChI is InChI=1S/C31H35N5O3/c37-29-13-12-28(30(38)33-29)36-21-25-22(8-6-10-23(25)31(36)39)7-2-1-5-16-34-17-19-35(20-18-34)27-14-15-32-26-11-4-3-9-24(26)27/h3-4,6,8-11,14-15,28H,1-2,5,7,12-13,16-21H2,(H,33,37,38). The van der Waals surface area contributed by atoms with E-state index in [1.54, 1.807) is 4.90 Å². The van der Waals surface area contributed by atoms with E-state index in [0.717, 1.165) is 69.5 Å². The maximum Gasteiger partial charge on any atom is 0.255 e. The molecule has 3 aromatic rings. The van der Waals surface area contributed by atoms with Crippen molar-refractivity contribution < 1.29 is 14.4 Å². The van der Waals surface area contributed by atoms with Gasteiger partial charge in [0.1, 0.15) is 6.04 Å². The summed E-state index contributed by atoms with van der Waals surface area (Å²) in [4.78, 5) is 48.1. The summed E-state index contributed by atoms with van der Waals surface area (Å²) in [6, 6.07) is 15.9. The Morgan fingerprint density at radius 2 is 1.74 bits per heavy atom. The first-order chi connectivity index (χ1) is 19.1. The summed E-state index contributed by atoms with van der Waals surface area (Å²) in [6.45, 7) is 5.76. The molecule has 3 amide bonds. The second-order valence-corrected chi connectivity index (χ2v) is 10.8. The molecule has 2 fully saturated rings. The van der Waals surface area contributed by atoms with Crippen LogP contribution in [-0.2, 0) is 22.6 Å². The predicted octanol–water partition coefficient (Wildman–Crippen LogP) is 3.53. The van der Waals surface area contributed by atoms with Gasteiger partial charge in [0.05, 0.1) is 5.52 Å². The molecule has 1 unspecified atom stereocenters. The number of imide groups is 1. The van der Waals surface area contributed by atoms with E-state index in [9.17, 15) is 14.4 Å². The maximum absolute atomic E-state index is 13.1. The summed E-state index contributed by atoms with van der Waals surface area (Å²) in [7, 11) is 0. The third kappa shape index (κ3) is 5.26. The molecule has 4 heterocycles. The minimum absolute atomic E-state index is 0.0970. The molecule has 3 aliphatic rings. The highest BCUT2D eigenvalue weighted by Crippen LogP contribution is 2.31. The number of carbonyl (C=O) groups is 3. The van der Waals surface area contributed by atoms with Crippen molar-refractivity contribution in [1.29, 1.82) is 0 Å². The summed E-state index contributed by atoms with van der Waals surface area (Å²) in [5, 5.41) is 3.61. The van der Waals surface area contributed by atoms with Crippen LogP contribution in [0, 0.1) is 0 Å². The van der Waals surface area contributed by atoms with E-state index in [1.165, 1.54) is 16.6 Å². The van der Waals surface area contributed by atoms with Crippen molar-refractivity contribution in [2.24, 2.45) is 0 Å². The van der Waals surface area contributed by atoms with E-state index >= 15 is 0 Å². The molecule has 6 rings (SSSR count). The fraction of sp³-hybridized carbons (Fsp3) is 0.419. The molecule has 1 atom stereocenters. The van der Waals surface area contributed by atoms with Gasteiger partial charge in [-0.1, -0.05) is 36.8 Å². The number of pyridine rings is 1. The Morgan fingerprint density at radius 1 is 0.897 bits per heavy atom. The van der Waals surface area contributed by atoms with Crippen LogP contribution in [0.5, 0.6) is 0 Å². The Bertz CT molecular complexity index is 1390. The fourth-order valence-electron chi connectivity index (χ4n) is 6.28. The van der Waals surface area contributed by atoms with Gasteiger partial charge in [-0.25, -0.2) is 0 Å². The Labute approximate surface area is 229 Å². The highest BCUT2D eigenvalue weighted by Gasteiger charge is 2.39. The number of unbranched alkanes of at least 4 members (excludes halogenated alkanes) is 2. The van der Waals surface area contributed by atoms with Gasteiger partial charge >= 0.3 is 0 Å². The van der Waals surface area contributed by atoms with E-state index in [4.69, 9.17) is 0 Å². The van der Waals surface area contributed by atoms with Gasteiger partial charge in [0, 0.05) is 62.0 Å². The van der Waals surface area contributed by atoms with E-state index < -0.39 is 6.04 Å². The molecule has 1 N–H and O–H groups in total. The summed E-state index contributed by atoms with van der Waals surface area (Å²) >= 11 is 0. The molecular formula is C31H35N5O3. The lowest BCUT2D eigenvalue weighted by atomic mass is 9.98. The Morgan fingerprint density at radius 3 is 2.59 bits per heavy atom. The number of anilines is 1. The monoisotopic (exact) mass is 525 g/mol. The van der Waals surface area contributed by atoms with Gasteiger partial charge in [0.25, 0.3) is 5.91 Å². The van der Waals surface area contributed by atoms with Gasteiger partial charge in [-0.05, 0) is 61.6 Å². The molecule has 8 heteroatoms. The molecule has 2 saturated heterocycles. The molecule has 0 aliphatic carbocycles. The number of rotatable bonds is 8. The number of nitrogens with zero attached hydrogens (tertiary/aromatic N) is 4. The number of aromatic nitrogens is 1. The lowest BCUT2D eigenvalue weighted by molar-refractivity contribution is -0.136. The minimum Gasteiger partial charge on any atom is -0.368 e. The van der Waals surface area contributed by atoms with Crippen molar-refractivity contribution in [3.05, 3.63) is 71.4 Å². The third-order valence-electron chi connectivity index (χ3n) is 8.44. The number of aryl methyl sites for hydroxylation is 1. The van der Waals surface area contributed by atoms with Gasteiger partial charge in [0.15, 0.2) is 0 Å². The smallest absolute Gasteiger partial charge is 0.255 e. The van der Waals surface area contributed by atoms with Crippen molar-refractivity contribution in [2.75, 3.05) is 37.6 Å². The highest BCUT2D eigenvalue weighted by molar-refractivity contribution is 6.05. The van der Waals surface area contributed by atoms with Crippen LogP contribution < -0.4 is 10.2 Å². The quantitative estimate of drug-likeness (QED) is 0.358. The molecule has 0 spiro atoms. The molecule has 39 heavy (non-hydrogen) atoms. The molecule has 0 saturated carbocycles. The largest absolute Gasteiger partial charge is 0.368 e. The molecule has 2 aromatic carbocycles. The summed E-state index contributed by atoms with van der Waals surface area (Å²) in [5.74, 6) is -0.713. The number of piperidine rings is 1. The van der Waals surface area contributed by atoms with E-state index in [0.29, 0.717) is 18.5 Å². The average molecular weight is 526 g/mol. The van der Waals surface area contributed by atoms with Gasteiger partial charge in [-0.15, -0.1) is 0 Å². The fourth-order valence-corrected chi connectivity index (χ4v) is 6.28. The van der Waals surface area contributed by atoms with Crippen LogP contribution in [0.4, 0.5) is 5.69 Å². The lowest BCUT2D eigenvalue weighted by Gasteiger charge is -2.36. The van der Waals surface area contributed by atoms with Crippen molar-refractivity contribution in [1.82, 2.24) is 20.1 Å². The number of hydrogen-bond donors (Lipinski definition) is 1. The molecule has 0 radical (unpaired) electrons. The second kappa shape index (κ2) is 11.1. The van der Waals surface area contributed by atoms with Gasteiger partial charge in [-0.2, -0.15) is 0 Å². The van der Waals surface area contributed by atoms with Crippen LogP contribution in [-0.4, -0.2) is 71.3 Å². The van der Waals surface area contributed by atoms with Crippen molar-refractivity contribution in [2.45, 2.75) is 51.1 Å². The van der Waals surface area contributed by atoms with Crippen molar-refractivity contribution in [3.8, 4) is 0 Å². The number of fused-ring (bicyclic) bond motifs is 2. The normalized spacial score (nSPS) is 20.0. The molecule has 8 nitrogen and oxygen atoms in total. The van der Waals surface area contributed by atoms with Gasteiger partial charge < -0.3 is 9.80 Å². The first-order valence-corrected chi connectivity index (χ1v) is 14.1. The third-order valence-corrected chi connectivity index (χ3v) is 8.44. The Hall–Kier alpha value is -3.78. The topological polar surface area (TPSA) is 85.9 Å². The molecular weight excluding hydrogens is 490 g/mol. The van der Waals surface area contributed by atoms with Crippen LogP contribution in [0.2, 0.25) is 0 Å². The number of benzene rings is 2. The second-order valence-electron chi connectivity index (χ2n) is 10.8. The van der Waals surface area contributed by atoms with Crippen LogP contribution in [0.25, 0.3) is 10.9 Å². The highest BCUT2D eigenvalue weighted by atomic mass is 16.2. The molecule has 202 valence electrons. The van der Waals surface area contributed by atoms with Crippen LogP contribution in [0.15, 0.2) is 54.7 Å². The zero-order chi connectivity index (χ0) is 26.8. The Kier molecular flexibility index (Phi) is 7.28. The number of para-hydroxylation sites is 1. The zero-order valence-electron chi connectivity index (χ0n) is 22.3. The number of amides is 3. The number of nitrogens with one attached hydrogen (secondary N) is 1. The first-order valence-electron chi connectivity index (χ1n) is 14.1. The molecule has 3 aliphatic heterocycles. The Balaban J connectivity index is 0.966. The van der Waals surface area contributed by atoms with Crippen molar-refractivity contribution in [3.63, 3.8) is 0 Å². The van der Waals surface area contributed by atoms with Crippen molar-refractivity contribution >= 4 is 34.3 Å². The summed E-state index contributed by atoms with van der Waals surface area (Å²) in [5.41, 5.74) is 5.29. The predicted molar refractivity (Wildman–Crippen MR) is 150 cm³/mol. The maximum atomic E-state index is 13.1. The van der Waals surface area contributed by atoms with Crippen LogP contribution >= 0.6 is 0 Å². The number of hydrogen-bond acceptors (Lipinski definition) is 6. The SMILES string of the molecule is O=C1CCC(N2Cc3c(CCCCCN4CCN(c5ccnc6ccccc56)CC4)cccc3C2=O)C(=O)N1. The number of piperazine rings is 1. The van der Waals surface area contributed by atoms with E-state index in [-0.39, 0.29) is 24.1 Å². The van der Waals surface area contributed by atoms with Crippen LogP contribution in [0.1, 0.15) is 53.6 Å². The van der Waals surface area contributed by atoms with Crippen LogP contribution in [0.3, 0.4) is 0 Å². The lowest BCUT2D eigenvalue weighted by Crippen LogP contribution is -2.52.